The lowest BCUT2D eigenvalue weighted by Crippen LogP contribution is -2.46. The van der Waals surface area contributed by atoms with Crippen molar-refractivity contribution < 1.29 is 23.9 Å². The van der Waals surface area contributed by atoms with E-state index in [9.17, 15) is 14.4 Å². The Bertz CT molecular complexity index is 721. The van der Waals surface area contributed by atoms with Gasteiger partial charge in [0.1, 0.15) is 12.7 Å². The van der Waals surface area contributed by atoms with E-state index >= 15 is 0 Å². The first-order valence-corrected chi connectivity index (χ1v) is 19.8. The molecule has 0 saturated carbocycles. The highest BCUT2D eigenvalue weighted by Gasteiger charge is 2.20. The number of thioether (sulfide) groups is 1. The second-order valence-corrected chi connectivity index (χ2v) is 14.6. The van der Waals surface area contributed by atoms with Crippen LogP contribution in [0.1, 0.15) is 176 Å². The van der Waals surface area contributed by atoms with Crippen LogP contribution < -0.4 is 11.1 Å². The number of amides is 1. The molecule has 0 saturated heterocycles. The third kappa shape index (κ3) is 29.8. The number of unbranched alkanes of at least 4 members (excludes halogenated alkanes) is 16. The van der Waals surface area contributed by atoms with Crippen LogP contribution in [0, 0.1) is 5.92 Å². The quantitative estimate of drug-likeness (QED) is 0.0549. The van der Waals surface area contributed by atoms with Gasteiger partial charge in [-0.05, 0) is 38.5 Å². The van der Waals surface area contributed by atoms with Crippen molar-refractivity contribution in [2.24, 2.45) is 11.7 Å². The molecule has 266 valence electrons. The predicted octanol–water partition coefficient (Wildman–Crippen LogP) is 9.28. The predicted molar refractivity (Wildman–Crippen MR) is 192 cm³/mol. The van der Waals surface area contributed by atoms with Crippen LogP contribution in [0.4, 0.5) is 0 Å². The molecule has 0 rings (SSSR count). The first kappa shape index (κ1) is 43.7. The number of carbonyl (C=O) groups excluding carboxylic acids is 3. The Balaban J connectivity index is 4.54. The maximum absolute atomic E-state index is 12.6. The zero-order valence-corrected chi connectivity index (χ0v) is 30.8. The van der Waals surface area contributed by atoms with Crippen molar-refractivity contribution in [3.63, 3.8) is 0 Å². The highest BCUT2D eigenvalue weighted by molar-refractivity contribution is 7.99. The van der Waals surface area contributed by atoms with Crippen LogP contribution in [0.5, 0.6) is 0 Å². The van der Waals surface area contributed by atoms with E-state index in [1.165, 1.54) is 88.8 Å². The average molecular weight is 657 g/mol. The lowest BCUT2D eigenvalue weighted by Gasteiger charge is -2.20. The van der Waals surface area contributed by atoms with Crippen molar-refractivity contribution in [3.05, 3.63) is 0 Å². The molecule has 1 unspecified atom stereocenters. The molecule has 0 aliphatic heterocycles. The molecule has 0 aromatic rings. The molecule has 7 nitrogen and oxygen atoms in total. The second kappa shape index (κ2) is 31.3. The lowest BCUT2D eigenvalue weighted by atomic mass is 10.0. The topological polar surface area (TPSA) is 108 Å². The molecule has 3 atom stereocenters. The van der Waals surface area contributed by atoms with Gasteiger partial charge in [0.05, 0.1) is 6.04 Å². The van der Waals surface area contributed by atoms with Crippen LogP contribution in [-0.2, 0) is 23.9 Å². The van der Waals surface area contributed by atoms with Crippen molar-refractivity contribution in [3.8, 4) is 0 Å². The Morgan fingerprint density at radius 1 is 0.644 bits per heavy atom. The molecular weight excluding hydrogens is 584 g/mol. The van der Waals surface area contributed by atoms with E-state index in [-0.39, 0.29) is 30.5 Å². The summed E-state index contributed by atoms with van der Waals surface area (Å²) >= 11 is 1.46. The van der Waals surface area contributed by atoms with Gasteiger partial charge in [0.15, 0.2) is 0 Å². The fourth-order valence-corrected chi connectivity index (χ4v) is 6.16. The van der Waals surface area contributed by atoms with Gasteiger partial charge in [-0.15, -0.1) is 0 Å². The number of ether oxygens (including phenoxy) is 2. The second-order valence-electron chi connectivity index (χ2n) is 13.5. The van der Waals surface area contributed by atoms with Gasteiger partial charge in [0, 0.05) is 30.4 Å². The van der Waals surface area contributed by atoms with Crippen molar-refractivity contribution >= 4 is 29.6 Å². The Labute approximate surface area is 282 Å². The summed E-state index contributed by atoms with van der Waals surface area (Å²) in [5.74, 6) is 0.770. The van der Waals surface area contributed by atoms with Gasteiger partial charge in [-0.3, -0.25) is 14.4 Å². The van der Waals surface area contributed by atoms with E-state index in [1.54, 1.807) is 0 Å². The smallest absolute Gasteiger partial charge is 0.306 e. The van der Waals surface area contributed by atoms with E-state index in [4.69, 9.17) is 15.2 Å². The minimum atomic E-state index is -0.649. The Hall–Kier alpha value is -1.28. The Morgan fingerprint density at radius 2 is 1.11 bits per heavy atom. The molecule has 3 N–H and O–H groups in total. The molecule has 0 aliphatic carbocycles. The molecule has 1 amide bonds. The van der Waals surface area contributed by atoms with Crippen LogP contribution in [0.3, 0.4) is 0 Å². The minimum Gasteiger partial charge on any atom is -0.462 e. The zero-order valence-electron chi connectivity index (χ0n) is 30.0. The standard InChI is InChI=1S/C37H72N2O5S/c1-6-8-10-12-14-16-18-20-22-24-35(40)43-28-33(44-36(41)25-23-21-19-17-15-13-11-9-7-2)29-45-30-34(38)37(42)39-32(5)27-26-31(3)4/h31-34H,6-30,38H2,1-5H3,(H,39,42)/t32?,33-,34-/m1/s1. The highest BCUT2D eigenvalue weighted by Crippen LogP contribution is 2.15. The van der Waals surface area contributed by atoms with Crippen LogP contribution >= 0.6 is 11.8 Å². The number of esters is 2. The normalized spacial score (nSPS) is 13.4. The van der Waals surface area contributed by atoms with Gasteiger partial charge < -0.3 is 20.5 Å². The largest absolute Gasteiger partial charge is 0.462 e. The molecule has 0 fully saturated rings. The van der Waals surface area contributed by atoms with E-state index < -0.39 is 12.1 Å². The SMILES string of the molecule is CCCCCCCCCCCC(=O)OC[C@H](CSC[C@@H](N)C(=O)NC(C)CCC(C)C)OC(=O)CCCCCCCCCCC. The van der Waals surface area contributed by atoms with Gasteiger partial charge in [-0.1, -0.05) is 130 Å². The molecule has 0 bridgehead atoms. The van der Waals surface area contributed by atoms with E-state index in [0.717, 1.165) is 51.4 Å². The third-order valence-electron chi connectivity index (χ3n) is 8.20. The molecule has 0 spiro atoms. The Kier molecular flexibility index (Phi) is 30.4. The third-order valence-corrected chi connectivity index (χ3v) is 9.40. The van der Waals surface area contributed by atoms with Crippen molar-refractivity contribution in [2.45, 2.75) is 194 Å². The maximum atomic E-state index is 12.6. The molecular formula is C37H72N2O5S. The van der Waals surface area contributed by atoms with Crippen molar-refractivity contribution in [1.29, 1.82) is 0 Å². The molecule has 8 heteroatoms. The summed E-state index contributed by atoms with van der Waals surface area (Å²) in [5.41, 5.74) is 6.16. The molecule has 0 aromatic heterocycles. The number of hydrogen-bond acceptors (Lipinski definition) is 7. The van der Waals surface area contributed by atoms with Gasteiger partial charge in [0.25, 0.3) is 0 Å². The number of rotatable bonds is 32. The van der Waals surface area contributed by atoms with Gasteiger partial charge in [0.2, 0.25) is 5.91 Å². The van der Waals surface area contributed by atoms with Crippen LogP contribution in [0.15, 0.2) is 0 Å². The summed E-state index contributed by atoms with van der Waals surface area (Å²) < 4.78 is 11.3. The lowest BCUT2D eigenvalue weighted by molar-refractivity contribution is -0.157. The zero-order chi connectivity index (χ0) is 33.5. The first-order valence-electron chi connectivity index (χ1n) is 18.7. The maximum Gasteiger partial charge on any atom is 0.306 e. The monoisotopic (exact) mass is 657 g/mol. The number of hydrogen-bond donors (Lipinski definition) is 2. The van der Waals surface area contributed by atoms with Crippen LogP contribution in [0.25, 0.3) is 0 Å². The van der Waals surface area contributed by atoms with Crippen molar-refractivity contribution in [1.82, 2.24) is 5.32 Å². The average Bonchev–Trinajstić information content (AvgIpc) is 3.00. The summed E-state index contributed by atoms with van der Waals surface area (Å²) in [6, 6.07) is -0.570. The van der Waals surface area contributed by atoms with Crippen LogP contribution in [0.2, 0.25) is 0 Å². The van der Waals surface area contributed by atoms with Gasteiger partial charge in [-0.2, -0.15) is 11.8 Å². The van der Waals surface area contributed by atoms with Gasteiger partial charge >= 0.3 is 11.9 Å². The first-order chi connectivity index (χ1) is 21.7. The molecule has 0 radical (unpaired) electrons. The molecule has 45 heavy (non-hydrogen) atoms. The summed E-state index contributed by atoms with van der Waals surface area (Å²) in [5, 5.41) is 3.01. The fourth-order valence-electron chi connectivity index (χ4n) is 5.19. The highest BCUT2D eigenvalue weighted by atomic mass is 32.2. The number of carbonyl (C=O) groups is 3. The van der Waals surface area contributed by atoms with E-state index in [0.29, 0.717) is 30.3 Å². The molecule has 0 aliphatic rings. The minimum absolute atomic E-state index is 0.0421. The fraction of sp³-hybridized carbons (Fsp3) is 0.919. The summed E-state index contributed by atoms with van der Waals surface area (Å²) in [6.45, 7) is 10.9. The molecule has 0 heterocycles. The summed E-state index contributed by atoms with van der Waals surface area (Å²) in [7, 11) is 0. The summed E-state index contributed by atoms with van der Waals surface area (Å²) in [6.07, 6.45) is 23.6. The van der Waals surface area contributed by atoms with E-state index in [2.05, 4.69) is 33.0 Å². The van der Waals surface area contributed by atoms with Crippen LogP contribution in [-0.4, -0.2) is 54.1 Å². The number of nitrogens with two attached hydrogens (primary N) is 1. The number of nitrogens with one attached hydrogen (secondary N) is 1. The molecule has 0 aromatic carbocycles. The van der Waals surface area contributed by atoms with E-state index in [1.807, 2.05) is 6.92 Å². The van der Waals surface area contributed by atoms with Gasteiger partial charge in [-0.25, -0.2) is 0 Å². The van der Waals surface area contributed by atoms with Crippen molar-refractivity contribution in [2.75, 3.05) is 18.1 Å². The Morgan fingerprint density at radius 3 is 1.60 bits per heavy atom. The summed E-state index contributed by atoms with van der Waals surface area (Å²) in [4.78, 5) is 37.6.